The number of pyridine rings is 1. The minimum atomic E-state index is -4.42. The Kier molecular flexibility index (Phi) is 4.30. The summed E-state index contributed by atoms with van der Waals surface area (Å²) in [5.74, 6) is 0. The van der Waals surface area contributed by atoms with E-state index in [9.17, 15) is 13.2 Å². The molecule has 0 aliphatic carbocycles. The molecule has 1 N–H and O–H groups in total. The van der Waals surface area contributed by atoms with Gasteiger partial charge in [-0.1, -0.05) is 17.7 Å². The summed E-state index contributed by atoms with van der Waals surface area (Å²) in [6, 6.07) is 5.78. The highest BCUT2D eigenvalue weighted by Gasteiger charge is 2.33. The van der Waals surface area contributed by atoms with Gasteiger partial charge in [0.25, 0.3) is 0 Å². The van der Waals surface area contributed by atoms with Gasteiger partial charge in [0.15, 0.2) is 0 Å². The Balaban J connectivity index is 2.55. The lowest BCUT2D eigenvalue weighted by molar-refractivity contribution is -0.137. The van der Waals surface area contributed by atoms with Gasteiger partial charge in [0.05, 0.1) is 5.56 Å². The van der Waals surface area contributed by atoms with E-state index in [-0.39, 0.29) is 5.56 Å². The molecule has 0 fully saturated rings. The summed E-state index contributed by atoms with van der Waals surface area (Å²) >= 11 is 6.01. The van der Waals surface area contributed by atoms with Crippen LogP contribution in [0.1, 0.15) is 11.1 Å². The van der Waals surface area contributed by atoms with Crippen LogP contribution in [0.4, 0.5) is 13.2 Å². The monoisotopic (exact) mass is 300 g/mol. The van der Waals surface area contributed by atoms with Crippen LogP contribution in [-0.2, 0) is 12.7 Å². The standard InChI is InChI=1S/C14H12ClF3N2/c1-19-7-10-6-9(2-3-13(10)15)11-8-20-5-4-12(11)14(16,17)18/h2-6,8,19H,7H2,1H3. The minimum absolute atomic E-state index is 0.0500. The van der Waals surface area contributed by atoms with E-state index < -0.39 is 11.7 Å². The predicted molar refractivity (Wildman–Crippen MR) is 72.4 cm³/mol. The fourth-order valence-corrected chi connectivity index (χ4v) is 2.12. The molecule has 0 radical (unpaired) electrons. The van der Waals surface area contributed by atoms with Crippen LogP contribution in [0.15, 0.2) is 36.7 Å². The third kappa shape index (κ3) is 3.11. The normalized spacial score (nSPS) is 11.7. The summed E-state index contributed by atoms with van der Waals surface area (Å²) in [5, 5.41) is 3.44. The molecule has 2 rings (SSSR count). The number of hydrogen-bond acceptors (Lipinski definition) is 2. The van der Waals surface area contributed by atoms with Crippen molar-refractivity contribution in [2.45, 2.75) is 12.7 Å². The van der Waals surface area contributed by atoms with Crippen LogP contribution in [0.5, 0.6) is 0 Å². The molecule has 0 aliphatic rings. The maximum Gasteiger partial charge on any atom is 0.417 e. The summed E-state index contributed by atoms with van der Waals surface area (Å²) in [6.45, 7) is 0.480. The van der Waals surface area contributed by atoms with Crippen molar-refractivity contribution in [2.75, 3.05) is 7.05 Å². The third-order valence-electron chi connectivity index (χ3n) is 2.85. The zero-order valence-corrected chi connectivity index (χ0v) is 11.4. The van der Waals surface area contributed by atoms with Gasteiger partial charge in [-0.2, -0.15) is 13.2 Å². The molecule has 20 heavy (non-hydrogen) atoms. The molecular weight excluding hydrogens is 289 g/mol. The summed E-state index contributed by atoms with van der Waals surface area (Å²) in [7, 11) is 1.74. The van der Waals surface area contributed by atoms with Crippen LogP contribution in [0, 0.1) is 0 Å². The molecule has 6 heteroatoms. The fourth-order valence-electron chi connectivity index (χ4n) is 1.94. The van der Waals surface area contributed by atoms with Gasteiger partial charge in [-0.15, -0.1) is 0 Å². The molecule has 1 aromatic heterocycles. The number of benzene rings is 1. The van der Waals surface area contributed by atoms with Crippen LogP contribution in [-0.4, -0.2) is 12.0 Å². The Morgan fingerprint density at radius 1 is 1.25 bits per heavy atom. The van der Waals surface area contributed by atoms with Gasteiger partial charge in [0, 0.05) is 29.5 Å². The maximum absolute atomic E-state index is 13.0. The molecule has 0 unspecified atom stereocenters. The van der Waals surface area contributed by atoms with E-state index >= 15 is 0 Å². The number of halogens is 4. The van der Waals surface area contributed by atoms with Crippen molar-refractivity contribution < 1.29 is 13.2 Å². The Hall–Kier alpha value is -1.59. The first-order chi connectivity index (χ1) is 9.43. The molecule has 0 atom stereocenters. The summed E-state index contributed by atoms with van der Waals surface area (Å²) in [4.78, 5) is 3.78. The van der Waals surface area contributed by atoms with Crippen molar-refractivity contribution in [3.8, 4) is 11.1 Å². The second-order valence-corrected chi connectivity index (χ2v) is 4.66. The number of nitrogens with zero attached hydrogens (tertiary/aromatic N) is 1. The zero-order valence-electron chi connectivity index (χ0n) is 10.6. The van der Waals surface area contributed by atoms with Gasteiger partial charge in [-0.05, 0) is 36.4 Å². The first kappa shape index (κ1) is 14.8. The van der Waals surface area contributed by atoms with E-state index in [0.717, 1.165) is 17.8 Å². The average molecular weight is 301 g/mol. The zero-order chi connectivity index (χ0) is 14.8. The minimum Gasteiger partial charge on any atom is -0.316 e. The van der Waals surface area contributed by atoms with E-state index in [4.69, 9.17) is 11.6 Å². The second-order valence-electron chi connectivity index (χ2n) is 4.26. The van der Waals surface area contributed by atoms with E-state index in [1.165, 1.54) is 6.20 Å². The van der Waals surface area contributed by atoms with E-state index in [1.54, 1.807) is 25.2 Å². The predicted octanol–water partition coefficient (Wildman–Crippen LogP) is 4.14. The highest BCUT2D eigenvalue weighted by molar-refractivity contribution is 6.31. The summed E-state index contributed by atoms with van der Waals surface area (Å²) < 4.78 is 39.0. The third-order valence-corrected chi connectivity index (χ3v) is 3.22. The fraction of sp³-hybridized carbons (Fsp3) is 0.214. The lowest BCUT2D eigenvalue weighted by Gasteiger charge is -2.13. The molecule has 0 aliphatic heterocycles. The van der Waals surface area contributed by atoms with Crippen molar-refractivity contribution in [3.05, 3.63) is 52.8 Å². The van der Waals surface area contributed by atoms with Gasteiger partial charge < -0.3 is 5.32 Å². The average Bonchev–Trinajstić information content (AvgIpc) is 2.41. The number of rotatable bonds is 3. The molecule has 1 aromatic carbocycles. The number of alkyl halides is 3. The SMILES string of the molecule is CNCc1cc(-c2cnccc2C(F)(F)F)ccc1Cl. The molecule has 2 nitrogen and oxygen atoms in total. The smallest absolute Gasteiger partial charge is 0.316 e. The Labute approximate surface area is 119 Å². The van der Waals surface area contributed by atoms with Crippen molar-refractivity contribution in [1.29, 1.82) is 0 Å². The van der Waals surface area contributed by atoms with Crippen LogP contribution in [0.25, 0.3) is 11.1 Å². The van der Waals surface area contributed by atoms with Gasteiger partial charge in [-0.3, -0.25) is 4.98 Å². The summed E-state index contributed by atoms with van der Waals surface area (Å²) in [5.41, 5.74) is 0.531. The number of hydrogen-bond donors (Lipinski definition) is 1. The lowest BCUT2D eigenvalue weighted by Crippen LogP contribution is -2.08. The van der Waals surface area contributed by atoms with Gasteiger partial charge in [0.1, 0.15) is 0 Å². The van der Waals surface area contributed by atoms with Crippen LogP contribution < -0.4 is 5.32 Å². The molecular formula is C14H12ClF3N2. The lowest BCUT2D eigenvalue weighted by atomic mass is 10.00. The Morgan fingerprint density at radius 2 is 2.00 bits per heavy atom. The highest BCUT2D eigenvalue weighted by atomic mass is 35.5. The molecule has 106 valence electrons. The van der Waals surface area contributed by atoms with Crippen molar-refractivity contribution in [1.82, 2.24) is 10.3 Å². The van der Waals surface area contributed by atoms with E-state index in [2.05, 4.69) is 10.3 Å². The molecule has 1 heterocycles. The van der Waals surface area contributed by atoms with Crippen LogP contribution in [0.2, 0.25) is 5.02 Å². The van der Waals surface area contributed by atoms with E-state index in [0.29, 0.717) is 17.1 Å². The summed E-state index contributed by atoms with van der Waals surface area (Å²) in [6.07, 6.45) is -2.06. The van der Waals surface area contributed by atoms with Gasteiger partial charge >= 0.3 is 6.18 Å². The van der Waals surface area contributed by atoms with Crippen LogP contribution in [0.3, 0.4) is 0 Å². The second kappa shape index (κ2) is 5.81. The van der Waals surface area contributed by atoms with Gasteiger partial charge in [0.2, 0.25) is 0 Å². The highest BCUT2D eigenvalue weighted by Crippen LogP contribution is 2.37. The number of nitrogens with one attached hydrogen (secondary N) is 1. The maximum atomic E-state index is 13.0. The first-order valence-electron chi connectivity index (χ1n) is 5.88. The molecule has 2 aromatic rings. The topological polar surface area (TPSA) is 24.9 Å². The van der Waals surface area contributed by atoms with Gasteiger partial charge in [-0.25, -0.2) is 0 Å². The van der Waals surface area contributed by atoms with Crippen molar-refractivity contribution >= 4 is 11.6 Å². The largest absolute Gasteiger partial charge is 0.417 e. The first-order valence-corrected chi connectivity index (χ1v) is 6.26. The molecule has 0 spiro atoms. The van der Waals surface area contributed by atoms with Crippen molar-refractivity contribution in [2.24, 2.45) is 0 Å². The molecule has 0 amide bonds. The van der Waals surface area contributed by atoms with Crippen LogP contribution >= 0.6 is 11.6 Å². The quantitative estimate of drug-likeness (QED) is 0.921. The number of aromatic nitrogens is 1. The van der Waals surface area contributed by atoms with Crippen molar-refractivity contribution in [3.63, 3.8) is 0 Å². The molecule has 0 saturated heterocycles. The Bertz CT molecular complexity index is 612. The molecule has 0 saturated carbocycles. The van der Waals surface area contributed by atoms with E-state index in [1.807, 2.05) is 0 Å². The molecule has 0 bridgehead atoms. The Morgan fingerprint density at radius 3 is 2.65 bits per heavy atom.